The minimum atomic E-state index is 1.000. The van der Waals surface area contributed by atoms with Gasteiger partial charge in [-0.05, 0) is 79.3 Å². The van der Waals surface area contributed by atoms with Crippen molar-refractivity contribution in [2.24, 2.45) is 0 Å². The lowest BCUT2D eigenvalue weighted by molar-refractivity contribution is 0.315. The molecule has 0 fully saturated rings. The van der Waals surface area contributed by atoms with Crippen molar-refractivity contribution in [2.75, 3.05) is 42.1 Å². The van der Waals surface area contributed by atoms with Crippen LogP contribution in [0.1, 0.15) is 45.9 Å². The smallest absolute Gasteiger partial charge is 0.0910 e. The van der Waals surface area contributed by atoms with Gasteiger partial charge in [0.15, 0.2) is 0 Å². The standard InChI is InChI=1S/C24H32N4/c1-7-19-15(2)8-16(3)23-21(19)12-28-14-27(23)10-18-9-22-20(17(4)24(18)28)11-25(5)13-26(22)6/h8-9H,7,10-14H2,1-6H3. The van der Waals surface area contributed by atoms with E-state index in [1.54, 1.807) is 11.1 Å². The van der Waals surface area contributed by atoms with Crippen LogP contribution in [-0.4, -0.2) is 32.3 Å². The molecule has 0 N–H and O–H groups in total. The summed E-state index contributed by atoms with van der Waals surface area (Å²) in [4.78, 5) is 10.0. The van der Waals surface area contributed by atoms with Crippen molar-refractivity contribution in [3.05, 3.63) is 51.1 Å². The van der Waals surface area contributed by atoms with Gasteiger partial charge in [0, 0.05) is 43.7 Å². The minimum Gasteiger partial charge on any atom is -0.361 e. The predicted molar refractivity (Wildman–Crippen MR) is 118 cm³/mol. The first-order valence-electron chi connectivity index (χ1n) is 10.6. The van der Waals surface area contributed by atoms with E-state index >= 15 is 0 Å². The largest absolute Gasteiger partial charge is 0.361 e. The topological polar surface area (TPSA) is 13.0 Å². The Kier molecular flexibility index (Phi) is 3.92. The average Bonchev–Trinajstić information content (AvgIpc) is 2.62. The van der Waals surface area contributed by atoms with Gasteiger partial charge in [-0.2, -0.15) is 0 Å². The molecule has 0 radical (unpaired) electrons. The van der Waals surface area contributed by atoms with Crippen LogP contribution in [0.3, 0.4) is 0 Å². The average molecular weight is 377 g/mol. The van der Waals surface area contributed by atoms with Gasteiger partial charge in [0.25, 0.3) is 0 Å². The van der Waals surface area contributed by atoms with E-state index < -0.39 is 0 Å². The lowest BCUT2D eigenvalue weighted by atomic mass is 9.88. The van der Waals surface area contributed by atoms with Crippen molar-refractivity contribution in [2.45, 2.75) is 53.8 Å². The van der Waals surface area contributed by atoms with Crippen molar-refractivity contribution < 1.29 is 0 Å². The fraction of sp³-hybridized carbons (Fsp3) is 0.500. The molecule has 3 aliphatic heterocycles. The van der Waals surface area contributed by atoms with E-state index in [9.17, 15) is 0 Å². The van der Waals surface area contributed by atoms with Gasteiger partial charge >= 0.3 is 0 Å². The summed E-state index contributed by atoms with van der Waals surface area (Å²) in [6, 6.07) is 4.86. The molecule has 2 aromatic rings. The molecule has 148 valence electrons. The number of nitrogens with zero attached hydrogens (tertiary/aromatic N) is 4. The molecule has 5 rings (SSSR count). The van der Waals surface area contributed by atoms with E-state index in [-0.39, 0.29) is 0 Å². The molecule has 0 aliphatic carbocycles. The molecule has 28 heavy (non-hydrogen) atoms. The number of hydrogen-bond acceptors (Lipinski definition) is 4. The third-order valence-electron chi connectivity index (χ3n) is 7.00. The summed E-state index contributed by atoms with van der Waals surface area (Å²) in [5.41, 5.74) is 14.9. The van der Waals surface area contributed by atoms with Crippen LogP contribution in [0.4, 0.5) is 17.1 Å². The highest BCUT2D eigenvalue weighted by Gasteiger charge is 2.35. The van der Waals surface area contributed by atoms with Crippen molar-refractivity contribution in [1.29, 1.82) is 0 Å². The Morgan fingerprint density at radius 3 is 2.32 bits per heavy atom. The van der Waals surface area contributed by atoms with Gasteiger partial charge in [-0.3, -0.25) is 4.90 Å². The van der Waals surface area contributed by atoms with E-state index in [2.05, 4.69) is 73.5 Å². The van der Waals surface area contributed by atoms with Crippen molar-refractivity contribution in [3.63, 3.8) is 0 Å². The maximum Gasteiger partial charge on any atom is 0.0910 e. The summed E-state index contributed by atoms with van der Waals surface area (Å²) in [6.07, 6.45) is 1.11. The molecular formula is C24H32N4. The van der Waals surface area contributed by atoms with Gasteiger partial charge in [-0.1, -0.05) is 13.0 Å². The second kappa shape index (κ2) is 6.15. The third kappa shape index (κ3) is 2.40. The van der Waals surface area contributed by atoms with Crippen LogP contribution in [0, 0.1) is 20.8 Å². The summed E-state index contributed by atoms with van der Waals surface area (Å²) in [5, 5.41) is 0. The first-order chi connectivity index (χ1) is 13.4. The summed E-state index contributed by atoms with van der Waals surface area (Å²) >= 11 is 0. The zero-order chi connectivity index (χ0) is 19.7. The highest BCUT2D eigenvalue weighted by molar-refractivity contribution is 5.78. The summed E-state index contributed by atoms with van der Waals surface area (Å²) in [5.74, 6) is 0. The second-order valence-electron chi connectivity index (χ2n) is 9.07. The highest BCUT2D eigenvalue weighted by atomic mass is 15.4. The van der Waals surface area contributed by atoms with Crippen molar-refractivity contribution >= 4 is 17.1 Å². The monoisotopic (exact) mass is 376 g/mol. The number of benzene rings is 2. The molecular weight excluding hydrogens is 344 g/mol. The predicted octanol–water partition coefficient (Wildman–Crippen LogP) is 4.31. The Morgan fingerprint density at radius 1 is 0.821 bits per heavy atom. The molecule has 3 aliphatic rings. The van der Waals surface area contributed by atoms with E-state index in [4.69, 9.17) is 0 Å². The Balaban J connectivity index is 1.67. The number of rotatable bonds is 1. The van der Waals surface area contributed by atoms with Crippen molar-refractivity contribution in [3.8, 4) is 0 Å². The number of anilines is 3. The van der Waals surface area contributed by atoms with Crippen LogP contribution in [0.2, 0.25) is 0 Å². The molecule has 0 unspecified atom stereocenters. The molecule has 0 aromatic heterocycles. The Hall–Kier alpha value is -2.20. The highest BCUT2D eigenvalue weighted by Crippen LogP contribution is 2.46. The Labute approximate surface area is 169 Å². The van der Waals surface area contributed by atoms with E-state index in [0.717, 1.165) is 39.4 Å². The van der Waals surface area contributed by atoms with Gasteiger partial charge in [0.2, 0.25) is 0 Å². The number of fused-ring (bicyclic) bond motifs is 7. The maximum absolute atomic E-state index is 2.63. The van der Waals surface area contributed by atoms with Gasteiger partial charge < -0.3 is 14.7 Å². The molecule has 4 nitrogen and oxygen atoms in total. The first kappa shape index (κ1) is 17.9. The van der Waals surface area contributed by atoms with Gasteiger partial charge in [0.1, 0.15) is 0 Å². The summed E-state index contributed by atoms with van der Waals surface area (Å²) < 4.78 is 0. The van der Waals surface area contributed by atoms with Crippen LogP contribution in [0.5, 0.6) is 0 Å². The van der Waals surface area contributed by atoms with E-state index in [0.29, 0.717) is 0 Å². The van der Waals surface area contributed by atoms with Crippen LogP contribution >= 0.6 is 0 Å². The fourth-order valence-corrected chi connectivity index (χ4v) is 5.96. The number of aryl methyl sites for hydroxylation is 2. The first-order valence-corrected chi connectivity index (χ1v) is 10.6. The zero-order valence-electron chi connectivity index (χ0n) is 18.2. The second-order valence-corrected chi connectivity index (χ2v) is 9.07. The number of hydrogen-bond donors (Lipinski definition) is 0. The minimum absolute atomic E-state index is 1.000. The van der Waals surface area contributed by atoms with Gasteiger partial charge in [-0.25, -0.2) is 0 Å². The molecule has 0 saturated carbocycles. The van der Waals surface area contributed by atoms with E-state index in [1.165, 1.54) is 44.9 Å². The molecule has 0 atom stereocenters. The van der Waals surface area contributed by atoms with Crippen LogP contribution in [0.25, 0.3) is 0 Å². The van der Waals surface area contributed by atoms with Gasteiger partial charge in [0.05, 0.1) is 13.3 Å². The van der Waals surface area contributed by atoms with Crippen LogP contribution < -0.4 is 14.7 Å². The Morgan fingerprint density at radius 2 is 1.57 bits per heavy atom. The summed E-state index contributed by atoms with van der Waals surface area (Å²) in [7, 11) is 4.44. The maximum atomic E-state index is 2.63. The molecule has 2 aromatic carbocycles. The molecule has 2 bridgehead atoms. The zero-order valence-corrected chi connectivity index (χ0v) is 18.2. The van der Waals surface area contributed by atoms with Crippen LogP contribution in [-0.2, 0) is 26.1 Å². The molecule has 0 saturated heterocycles. The lowest BCUT2D eigenvalue weighted by Crippen LogP contribution is -2.48. The van der Waals surface area contributed by atoms with Crippen molar-refractivity contribution in [1.82, 2.24) is 4.90 Å². The molecule has 0 spiro atoms. The SMILES string of the molecule is CCc1c(C)cc(C)c2c1CN1CN2Cc2cc3c(c(C)c21)CN(C)CN3C. The fourth-order valence-electron chi connectivity index (χ4n) is 5.96. The molecule has 0 amide bonds. The van der Waals surface area contributed by atoms with Gasteiger partial charge in [-0.15, -0.1) is 0 Å². The molecule has 3 heterocycles. The normalized spacial score (nSPS) is 18.1. The summed E-state index contributed by atoms with van der Waals surface area (Å²) in [6.45, 7) is 14.3. The van der Waals surface area contributed by atoms with Crippen LogP contribution in [0.15, 0.2) is 12.1 Å². The molecule has 4 heteroatoms. The lowest BCUT2D eigenvalue weighted by Gasteiger charge is -2.48. The third-order valence-corrected chi connectivity index (χ3v) is 7.00. The van der Waals surface area contributed by atoms with E-state index in [1.807, 2.05) is 0 Å². The quantitative estimate of drug-likeness (QED) is 0.735. The Bertz CT molecular complexity index is 978.